The molecule has 1 unspecified atom stereocenters. The Hall–Kier alpha value is -1.44. The molecular weight excluding hydrogens is 270 g/mol. The van der Waals surface area contributed by atoms with E-state index >= 15 is 0 Å². The molecule has 1 atom stereocenters. The number of amides is 1. The second kappa shape index (κ2) is 7.98. The van der Waals surface area contributed by atoms with Crippen molar-refractivity contribution in [3.8, 4) is 11.8 Å². The molecule has 2 rings (SSSR count). The van der Waals surface area contributed by atoms with Crippen molar-refractivity contribution in [1.29, 1.82) is 0 Å². The summed E-state index contributed by atoms with van der Waals surface area (Å²) < 4.78 is 0. The molecule has 2 N–H and O–H groups in total. The molecule has 20 heavy (non-hydrogen) atoms. The molecule has 0 spiro atoms. The maximum atomic E-state index is 12.2. The number of benzene rings is 1. The Morgan fingerprint density at radius 3 is 3.05 bits per heavy atom. The van der Waals surface area contributed by atoms with Gasteiger partial charge in [0.25, 0.3) is 5.91 Å². The summed E-state index contributed by atoms with van der Waals surface area (Å²) in [5.74, 6) is 8.68. The van der Waals surface area contributed by atoms with E-state index in [9.17, 15) is 4.79 Å². The second-order valence-electron chi connectivity index (χ2n) is 4.76. The standard InChI is InChI=1S/C16H19NO2S/c18-9-4-3-6-14-5-1-2-7-15(14)16(19)17-11-13-8-10-20-12-13/h1-2,5,7,13,18H,4,8-12H2,(H,17,19). The lowest BCUT2D eigenvalue weighted by molar-refractivity contribution is 0.0948. The minimum atomic E-state index is -0.0594. The van der Waals surface area contributed by atoms with E-state index in [1.807, 2.05) is 30.0 Å². The highest BCUT2D eigenvalue weighted by molar-refractivity contribution is 7.99. The first kappa shape index (κ1) is 15.0. The average Bonchev–Trinajstić information content (AvgIpc) is 2.99. The summed E-state index contributed by atoms with van der Waals surface area (Å²) in [7, 11) is 0. The molecule has 1 amide bonds. The molecule has 3 nitrogen and oxygen atoms in total. The minimum Gasteiger partial charge on any atom is -0.395 e. The van der Waals surface area contributed by atoms with Gasteiger partial charge in [-0.25, -0.2) is 0 Å². The molecule has 0 aromatic heterocycles. The third-order valence-corrected chi connectivity index (χ3v) is 4.44. The Bertz CT molecular complexity index is 513. The minimum absolute atomic E-state index is 0.0424. The summed E-state index contributed by atoms with van der Waals surface area (Å²) in [5.41, 5.74) is 1.34. The zero-order valence-corrected chi connectivity index (χ0v) is 12.2. The Morgan fingerprint density at radius 1 is 1.45 bits per heavy atom. The lowest BCUT2D eigenvalue weighted by Crippen LogP contribution is -2.29. The third kappa shape index (κ3) is 4.29. The number of rotatable bonds is 4. The Labute approximate surface area is 124 Å². The Morgan fingerprint density at radius 2 is 2.30 bits per heavy atom. The number of hydrogen-bond acceptors (Lipinski definition) is 3. The van der Waals surface area contributed by atoms with Crippen LogP contribution in [0.3, 0.4) is 0 Å². The molecule has 0 radical (unpaired) electrons. The van der Waals surface area contributed by atoms with Gasteiger partial charge in [0, 0.05) is 18.5 Å². The predicted molar refractivity (Wildman–Crippen MR) is 82.8 cm³/mol. The summed E-state index contributed by atoms with van der Waals surface area (Å²) in [6.45, 7) is 0.783. The summed E-state index contributed by atoms with van der Waals surface area (Å²) in [4.78, 5) is 12.2. The molecule has 106 valence electrons. The second-order valence-corrected chi connectivity index (χ2v) is 5.91. The van der Waals surface area contributed by atoms with Crippen molar-refractivity contribution in [3.63, 3.8) is 0 Å². The van der Waals surface area contributed by atoms with E-state index < -0.39 is 0 Å². The largest absolute Gasteiger partial charge is 0.395 e. The molecule has 1 fully saturated rings. The van der Waals surface area contributed by atoms with Gasteiger partial charge in [-0.1, -0.05) is 24.0 Å². The highest BCUT2D eigenvalue weighted by atomic mass is 32.2. The molecule has 1 heterocycles. The van der Waals surface area contributed by atoms with Crippen LogP contribution >= 0.6 is 11.8 Å². The molecule has 1 aromatic rings. The molecule has 1 aliphatic rings. The van der Waals surface area contributed by atoms with Gasteiger partial charge >= 0.3 is 0 Å². The van der Waals surface area contributed by atoms with Crippen LogP contribution < -0.4 is 5.32 Å². The van der Waals surface area contributed by atoms with Crippen molar-refractivity contribution < 1.29 is 9.90 Å². The van der Waals surface area contributed by atoms with E-state index in [4.69, 9.17) is 5.11 Å². The summed E-state index contributed by atoms with van der Waals surface area (Å²) >= 11 is 1.95. The van der Waals surface area contributed by atoms with Gasteiger partial charge in [0.2, 0.25) is 0 Å². The maximum absolute atomic E-state index is 12.2. The van der Waals surface area contributed by atoms with E-state index in [-0.39, 0.29) is 12.5 Å². The van der Waals surface area contributed by atoms with Crippen LogP contribution in [0, 0.1) is 17.8 Å². The van der Waals surface area contributed by atoms with Gasteiger partial charge in [0.15, 0.2) is 0 Å². The van der Waals surface area contributed by atoms with E-state index in [0.717, 1.165) is 17.9 Å². The number of carbonyl (C=O) groups is 1. The smallest absolute Gasteiger partial charge is 0.252 e. The first-order valence-corrected chi connectivity index (χ1v) is 8.01. The van der Waals surface area contributed by atoms with Crippen molar-refractivity contribution in [1.82, 2.24) is 5.32 Å². The SMILES string of the molecule is O=C(NCC1CCSC1)c1ccccc1C#CCCO. The van der Waals surface area contributed by atoms with Crippen molar-refractivity contribution in [2.45, 2.75) is 12.8 Å². The Kier molecular flexibility index (Phi) is 5.97. The number of hydrogen-bond donors (Lipinski definition) is 2. The van der Waals surface area contributed by atoms with Crippen LogP contribution in [0.2, 0.25) is 0 Å². The van der Waals surface area contributed by atoms with E-state index in [1.165, 1.54) is 12.2 Å². The van der Waals surface area contributed by atoms with Gasteiger partial charge in [-0.2, -0.15) is 11.8 Å². The van der Waals surface area contributed by atoms with Crippen LogP contribution in [0.1, 0.15) is 28.8 Å². The van der Waals surface area contributed by atoms with Crippen molar-refractivity contribution in [2.75, 3.05) is 24.7 Å². The molecule has 0 aliphatic carbocycles. The number of aliphatic hydroxyl groups excluding tert-OH is 1. The monoisotopic (exact) mass is 289 g/mol. The zero-order chi connectivity index (χ0) is 14.2. The van der Waals surface area contributed by atoms with Crippen LogP contribution in [-0.2, 0) is 0 Å². The van der Waals surface area contributed by atoms with Crippen LogP contribution in [-0.4, -0.2) is 35.7 Å². The third-order valence-electron chi connectivity index (χ3n) is 3.21. The van der Waals surface area contributed by atoms with Gasteiger partial charge in [0.1, 0.15) is 0 Å². The first-order chi connectivity index (χ1) is 9.81. The highest BCUT2D eigenvalue weighted by Gasteiger charge is 2.17. The molecule has 1 saturated heterocycles. The quantitative estimate of drug-likeness (QED) is 0.832. The zero-order valence-electron chi connectivity index (χ0n) is 11.4. The lowest BCUT2D eigenvalue weighted by Gasteiger charge is -2.10. The van der Waals surface area contributed by atoms with Crippen LogP contribution in [0.15, 0.2) is 24.3 Å². The summed E-state index contributed by atoms with van der Waals surface area (Å²) in [5, 5.41) is 11.7. The van der Waals surface area contributed by atoms with Crippen molar-refractivity contribution >= 4 is 17.7 Å². The van der Waals surface area contributed by atoms with Gasteiger partial charge in [0.05, 0.1) is 12.2 Å². The van der Waals surface area contributed by atoms with Gasteiger partial charge in [-0.3, -0.25) is 4.79 Å². The lowest BCUT2D eigenvalue weighted by atomic mass is 10.1. The summed E-state index contributed by atoms with van der Waals surface area (Å²) in [6, 6.07) is 7.34. The normalized spacial score (nSPS) is 17.4. The topological polar surface area (TPSA) is 49.3 Å². The van der Waals surface area contributed by atoms with Crippen molar-refractivity contribution in [3.05, 3.63) is 35.4 Å². The first-order valence-electron chi connectivity index (χ1n) is 6.86. The van der Waals surface area contributed by atoms with Crippen molar-refractivity contribution in [2.24, 2.45) is 5.92 Å². The highest BCUT2D eigenvalue weighted by Crippen LogP contribution is 2.22. The molecular formula is C16H19NO2S. The average molecular weight is 289 g/mol. The molecule has 1 aliphatic heterocycles. The molecule has 0 saturated carbocycles. The number of aliphatic hydroxyl groups is 1. The number of nitrogens with one attached hydrogen (secondary N) is 1. The fourth-order valence-corrected chi connectivity index (χ4v) is 3.36. The predicted octanol–water partition coefficient (Wildman–Crippen LogP) is 1.90. The number of thioether (sulfide) groups is 1. The molecule has 4 heteroatoms. The number of carbonyl (C=O) groups excluding carboxylic acids is 1. The molecule has 1 aromatic carbocycles. The van der Waals surface area contributed by atoms with E-state index in [2.05, 4.69) is 17.2 Å². The fraction of sp³-hybridized carbons (Fsp3) is 0.438. The fourth-order valence-electron chi connectivity index (χ4n) is 2.08. The van der Waals surface area contributed by atoms with E-state index in [0.29, 0.717) is 17.9 Å². The van der Waals surface area contributed by atoms with Gasteiger partial charge < -0.3 is 10.4 Å². The molecule has 0 bridgehead atoms. The Balaban J connectivity index is 1.99. The van der Waals surface area contributed by atoms with Crippen LogP contribution in [0.5, 0.6) is 0 Å². The van der Waals surface area contributed by atoms with Gasteiger partial charge in [-0.15, -0.1) is 0 Å². The maximum Gasteiger partial charge on any atom is 0.252 e. The summed E-state index contributed by atoms with van der Waals surface area (Å²) in [6.07, 6.45) is 1.61. The van der Waals surface area contributed by atoms with Crippen LogP contribution in [0.25, 0.3) is 0 Å². The van der Waals surface area contributed by atoms with Crippen LogP contribution in [0.4, 0.5) is 0 Å². The van der Waals surface area contributed by atoms with Gasteiger partial charge in [-0.05, 0) is 36.0 Å². The van der Waals surface area contributed by atoms with E-state index in [1.54, 1.807) is 6.07 Å².